The van der Waals surface area contributed by atoms with Crippen LogP contribution in [0.15, 0.2) is 71.9 Å². The van der Waals surface area contributed by atoms with Crippen molar-refractivity contribution in [3.63, 3.8) is 0 Å². The highest BCUT2D eigenvalue weighted by Gasteiger charge is 2.19. The van der Waals surface area contributed by atoms with Gasteiger partial charge in [-0.2, -0.15) is 0 Å². The molecule has 4 rings (SSSR count). The topological polar surface area (TPSA) is 59.8 Å². The SMILES string of the molecule is Cc1ccc(-n2c(SCC(=O)Nc3ccc(C)c(C)c3)nnc2-c2ccc(C(C)(C)C)cc2)cc1. The summed E-state index contributed by atoms with van der Waals surface area (Å²) >= 11 is 1.38. The Hall–Kier alpha value is -3.38. The van der Waals surface area contributed by atoms with Gasteiger partial charge in [0.05, 0.1) is 5.75 Å². The number of aromatic nitrogens is 3. The van der Waals surface area contributed by atoms with Crippen LogP contribution < -0.4 is 5.32 Å². The van der Waals surface area contributed by atoms with Crippen LogP contribution in [0.2, 0.25) is 0 Å². The predicted octanol–water partition coefficient (Wildman–Crippen LogP) is 6.89. The lowest BCUT2D eigenvalue weighted by Crippen LogP contribution is -2.14. The second-order valence-corrected chi connectivity index (χ2v) is 10.9. The molecule has 180 valence electrons. The molecule has 5 nitrogen and oxygen atoms in total. The molecule has 0 aliphatic heterocycles. The van der Waals surface area contributed by atoms with E-state index in [4.69, 9.17) is 0 Å². The van der Waals surface area contributed by atoms with E-state index in [9.17, 15) is 4.79 Å². The van der Waals surface area contributed by atoms with Crippen LogP contribution in [0, 0.1) is 20.8 Å². The molecule has 35 heavy (non-hydrogen) atoms. The molecule has 0 aliphatic carbocycles. The Kier molecular flexibility index (Phi) is 7.13. The van der Waals surface area contributed by atoms with Gasteiger partial charge in [-0.3, -0.25) is 9.36 Å². The summed E-state index contributed by atoms with van der Waals surface area (Å²) in [7, 11) is 0. The van der Waals surface area contributed by atoms with Gasteiger partial charge >= 0.3 is 0 Å². The summed E-state index contributed by atoms with van der Waals surface area (Å²) in [5.41, 5.74) is 7.62. The summed E-state index contributed by atoms with van der Waals surface area (Å²) in [6.07, 6.45) is 0. The molecule has 0 bridgehead atoms. The van der Waals surface area contributed by atoms with Gasteiger partial charge in [-0.1, -0.05) is 80.6 Å². The lowest BCUT2D eigenvalue weighted by molar-refractivity contribution is -0.113. The van der Waals surface area contributed by atoms with E-state index in [1.807, 2.05) is 29.7 Å². The first-order valence-electron chi connectivity index (χ1n) is 11.7. The molecule has 1 aromatic heterocycles. The summed E-state index contributed by atoms with van der Waals surface area (Å²) in [5, 5.41) is 12.7. The number of carbonyl (C=O) groups is 1. The number of aryl methyl sites for hydroxylation is 3. The molecule has 0 atom stereocenters. The van der Waals surface area contributed by atoms with Gasteiger partial charge in [-0.25, -0.2) is 0 Å². The molecule has 1 amide bonds. The van der Waals surface area contributed by atoms with Crippen LogP contribution in [0.1, 0.15) is 43.0 Å². The average molecular weight is 485 g/mol. The van der Waals surface area contributed by atoms with E-state index >= 15 is 0 Å². The van der Waals surface area contributed by atoms with Crippen LogP contribution in [-0.2, 0) is 10.2 Å². The maximum absolute atomic E-state index is 12.7. The van der Waals surface area contributed by atoms with Crippen LogP contribution in [-0.4, -0.2) is 26.4 Å². The Labute approximate surface area is 212 Å². The van der Waals surface area contributed by atoms with Gasteiger partial charge in [0.25, 0.3) is 0 Å². The van der Waals surface area contributed by atoms with Gasteiger partial charge < -0.3 is 5.32 Å². The van der Waals surface area contributed by atoms with E-state index < -0.39 is 0 Å². The Morgan fingerprint density at radius 2 is 1.57 bits per heavy atom. The fraction of sp³-hybridized carbons (Fsp3) is 0.276. The molecule has 0 spiro atoms. The van der Waals surface area contributed by atoms with Gasteiger partial charge in [-0.15, -0.1) is 10.2 Å². The van der Waals surface area contributed by atoms with Gasteiger partial charge in [-0.05, 0) is 67.1 Å². The molecular weight excluding hydrogens is 452 g/mol. The van der Waals surface area contributed by atoms with E-state index in [-0.39, 0.29) is 17.1 Å². The summed E-state index contributed by atoms with van der Waals surface area (Å²) in [6, 6.07) is 22.7. The Morgan fingerprint density at radius 1 is 0.886 bits per heavy atom. The number of hydrogen-bond acceptors (Lipinski definition) is 4. The Balaban J connectivity index is 1.60. The van der Waals surface area contributed by atoms with Crippen molar-refractivity contribution in [2.24, 2.45) is 0 Å². The van der Waals surface area contributed by atoms with Crippen LogP contribution in [0.3, 0.4) is 0 Å². The number of anilines is 1. The standard InChI is InChI=1S/C29H32N4OS/c1-19-7-15-25(16-8-19)33-27(22-10-12-23(13-11-22)29(4,5)6)31-32-28(33)35-18-26(34)30-24-14-9-20(2)21(3)17-24/h7-17H,18H2,1-6H3,(H,30,34). The largest absolute Gasteiger partial charge is 0.325 e. The normalized spacial score (nSPS) is 11.5. The first-order valence-corrected chi connectivity index (χ1v) is 12.7. The van der Waals surface area contributed by atoms with Gasteiger partial charge in [0, 0.05) is 16.9 Å². The minimum absolute atomic E-state index is 0.0761. The molecular formula is C29H32N4OS. The number of hydrogen-bond donors (Lipinski definition) is 1. The lowest BCUT2D eigenvalue weighted by Gasteiger charge is -2.19. The number of thioether (sulfide) groups is 1. The first kappa shape index (κ1) is 24.7. The fourth-order valence-corrected chi connectivity index (χ4v) is 4.49. The van der Waals surface area contributed by atoms with Crippen molar-refractivity contribution in [3.8, 4) is 17.1 Å². The molecule has 1 heterocycles. The second-order valence-electron chi connectivity index (χ2n) is 9.94. The molecule has 0 aliphatic rings. The molecule has 0 saturated carbocycles. The van der Waals surface area contributed by atoms with E-state index in [1.54, 1.807) is 0 Å². The number of nitrogens with zero attached hydrogens (tertiary/aromatic N) is 3. The Morgan fingerprint density at radius 3 is 2.20 bits per heavy atom. The van der Waals surface area contributed by atoms with Gasteiger partial charge in [0.2, 0.25) is 5.91 Å². The number of carbonyl (C=O) groups excluding carboxylic acids is 1. The predicted molar refractivity (Wildman–Crippen MR) is 146 cm³/mol. The van der Waals surface area contributed by atoms with Crippen molar-refractivity contribution < 1.29 is 4.79 Å². The fourth-order valence-electron chi connectivity index (χ4n) is 3.74. The van der Waals surface area contributed by atoms with Crippen molar-refractivity contribution in [2.75, 3.05) is 11.1 Å². The molecule has 0 saturated heterocycles. The summed E-state index contributed by atoms with van der Waals surface area (Å²) in [4.78, 5) is 12.7. The zero-order valence-corrected chi connectivity index (χ0v) is 22.0. The van der Waals surface area contributed by atoms with Crippen LogP contribution in [0.5, 0.6) is 0 Å². The zero-order chi connectivity index (χ0) is 25.2. The second kappa shape index (κ2) is 10.1. The van der Waals surface area contributed by atoms with Gasteiger partial charge in [0.15, 0.2) is 11.0 Å². The van der Waals surface area contributed by atoms with Crippen LogP contribution in [0.4, 0.5) is 5.69 Å². The van der Waals surface area contributed by atoms with E-state index in [1.165, 1.54) is 28.5 Å². The molecule has 0 unspecified atom stereocenters. The summed E-state index contributed by atoms with van der Waals surface area (Å²) in [5.74, 6) is 0.916. The monoisotopic (exact) mass is 484 g/mol. The maximum atomic E-state index is 12.7. The zero-order valence-electron chi connectivity index (χ0n) is 21.2. The average Bonchev–Trinajstić information content (AvgIpc) is 3.24. The minimum Gasteiger partial charge on any atom is -0.325 e. The number of nitrogens with one attached hydrogen (secondary N) is 1. The van der Waals surface area contributed by atoms with Crippen molar-refractivity contribution in [2.45, 2.75) is 52.1 Å². The smallest absolute Gasteiger partial charge is 0.234 e. The van der Waals surface area contributed by atoms with Crippen LogP contribution >= 0.6 is 11.8 Å². The van der Waals surface area contributed by atoms with Crippen molar-refractivity contribution in [1.29, 1.82) is 0 Å². The van der Waals surface area contributed by atoms with Crippen LogP contribution in [0.25, 0.3) is 17.1 Å². The molecule has 0 fully saturated rings. The molecule has 4 aromatic rings. The van der Waals surface area contributed by atoms with E-state index in [0.29, 0.717) is 5.16 Å². The third-order valence-corrected chi connectivity index (χ3v) is 6.99. The highest BCUT2D eigenvalue weighted by atomic mass is 32.2. The van der Waals surface area contributed by atoms with E-state index in [2.05, 4.69) is 98.7 Å². The molecule has 6 heteroatoms. The summed E-state index contributed by atoms with van der Waals surface area (Å²) < 4.78 is 2.03. The van der Waals surface area contributed by atoms with Gasteiger partial charge in [0.1, 0.15) is 0 Å². The van der Waals surface area contributed by atoms with Crippen molar-refractivity contribution in [1.82, 2.24) is 14.8 Å². The third kappa shape index (κ3) is 5.82. The maximum Gasteiger partial charge on any atom is 0.234 e. The number of benzene rings is 3. The third-order valence-electron chi connectivity index (χ3n) is 6.06. The highest BCUT2D eigenvalue weighted by molar-refractivity contribution is 7.99. The first-order chi connectivity index (χ1) is 16.6. The minimum atomic E-state index is -0.0761. The quantitative estimate of drug-likeness (QED) is 0.303. The highest BCUT2D eigenvalue weighted by Crippen LogP contribution is 2.30. The molecule has 3 aromatic carbocycles. The molecule has 1 N–H and O–H groups in total. The number of amides is 1. The summed E-state index contributed by atoms with van der Waals surface area (Å²) in [6.45, 7) is 12.8. The molecule has 0 radical (unpaired) electrons. The Bertz CT molecular complexity index is 1330. The lowest BCUT2D eigenvalue weighted by atomic mass is 9.87. The number of rotatable bonds is 6. The van der Waals surface area contributed by atoms with Crippen molar-refractivity contribution >= 4 is 23.4 Å². The van der Waals surface area contributed by atoms with Crippen molar-refractivity contribution in [3.05, 3.63) is 89.0 Å². The van der Waals surface area contributed by atoms with E-state index in [0.717, 1.165) is 28.3 Å².